The largest absolute Gasteiger partial charge is 0.320 e. The zero-order chi connectivity index (χ0) is 13.2. The Labute approximate surface area is 99.0 Å². The standard InChI is InChI=1S/C11H15N3O3/c1-6-4-9(13-11(15)8(3)12)10(14(16)17)5-7(6)2/h4-5,8H,12H2,1-3H3,(H,13,15). The second kappa shape index (κ2) is 4.92. The van der Waals surface area contributed by atoms with Gasteiger partial charge in [0.05, 0.1) is 11.0 Å². The van der Waals surface area contributed by atoms with Crippen molar-refractivity contribution < 1.29 is 9.72 Å². The van der Waals surface area contributed by atoms with Gasteiger partial charge in [-0.05, 0) is 38.0 Å². The molecule has 0 radical (unpaired) electrons. The molecule has 17 heavy (non-hydrogen) atoms. The van der Waals surface area contributed by atoms with Crippen LogP contribution in [0.4, 0.5) is 11.4 Å². The third-order valence-electron chi connectivity index (χ3n) is 2.48. The fourth-order valence-electron chi connectivity index (χ4n) is 1.30. The maximum Gasteiger partial charge on any atom is 0.293 e. The molecule has 6 heteroatoms. The lowest BCUT2D eigenvalue weighted by atomic mass is 10.1. The van der Waals surface area contributed by atoms with Crippen LogP contribution in [-0.4, -0.2) is 16.9 Å². The molecule has 0 heterocycles. The van der Waals surface area contributed by atoms with Crippen molar-refractivity contribution in [2.24, 2.45) is 5.73 Å². The molecule has 6 nitrogen and oxygen atoms in total. The van der Waals surface area contributed by atoms with Crippen LogP contribution in [-0.2, 0) is 4.79 Å². The molecule has 92 valence electrons. The molecule has 0 spiro atoms. The summed E-state index contributed by atoms with van der Waals surface area (Å²) in [6, 6.07) is 2.30. The molecule has 1 aromatic rings. The van der Waals surface area contributed by atoms with E-state index in [0.29, 0.717) is 0 Å². The Bertz CT molecular complexity index is 469. The maximum absolute atomic E-state index is 11.4. The van der Waals surface area contributed by atoms with Crippen molar-refractivity contribution in [3.05, 3.63) is 33.4 Å². The molecular formula is C11H15N3O3. The molecule has 0 aromatic heterocycles. The Balaban J connectivity index is 3.17. The van der Waals surface area contributed by atoms with Gasteiger partial charge in [0.15, 0.2) is 0 Å². The van der Waals surface area contributed by atoms with Crippen LogP contribution in [0, 0.1) is 24.0 Å². The van der Waals surface area contributed by atoms with E-state index in [0.717, 1.165) is 11.1 Å². The van der Waals surface area contributed by atoms with E-state index in [4.69, 9.17) is 5.73 Å². The van der Waals surface area contributed by atoms with Crippen molar-refractivity contribution >= 4 is 17.3 Å². The van der Waals surface area contributed by atoms with Gasteiger partial charge in [-0.2, -0.15) is 0 Å². The van der Waals surface area contributed by atoms with Crippen molar-refractivity contribution in [2.45, 2.75) is 26.8 Å². The first-order chi connectivity index (χ1) is 7.82. The van der Waals surface area contributed by atoms with Crippen molar-refractivity contribution in [1.82, 2.24) is 0 Å². The average molecular weight is 237 g/mol. The van der Waals surface area contributed by atoms with E-state index in [1.807, 2.05) is 6.92 Å². The van der Waals surface area contributed by atoms with E-state index in [2.05, 4.69) is 5.32 Å². The first kappa shape index (κ1) is 13.1. The topological polar surface area (TPSA) is 98.3 Å². The molecule has 3 N–H and O–H groups in total. The van der Waals surface area contributed by atoms with Crippen molar-refractivity contribution in [3.8, 4) is 0 Å². The molecule has 0 aliphatic rings. The van der Waals surface area contributed by atoms with Crippen LogP contribution in [0.25, 0.3) is 0 Å². The quantitative estimate of drug-likeness (QED) is 0.614. The van der Waals surface area contributed by atoms with Crippen LogP contribution in [0.1, 0.15) is 18.1 Å². The Morgan fingerprint density at radius 2 is 1.94 bits per heavy atom. The zero-order valence-corrected chi connectivity index (χ0v) is 9.98. The molecule has 0 bridgehead atoms. The third kappa shape index (κ3) is 3.01. The number of carbonyl (C=O) groups excluding carboxylic acids is 1. The van der Waals surface area contributed by atoms with E-state index >= 15 is 0 Å². The minimum atomic E-state index is -0.712. The van der Waals surface area contributed by atoms with Gasteiger partial charge in [-0.3, -0.25) is 14.9 Å². The molecular weight excluding hydrogens is 222 g/mol. The van der Waals surface area contributed by atoms with Crippen LogP contribution in [0.2, 0.25) is 0 Å². The highest BCUT2D eigenvalue weighted by Crippen LogP contribution is 2.27. The molecule has 0 aliphatic heterocycles. The number of rotatable bonds is 3. The lowest BCUT2D eigenvalue weighted by Gasteiger charge is -2.10. The summed E-state index contributed by atoms with van der Waals surface area (Å²) in [7, 11) is 0. The number of anilines is 1. The lowest BCUT2D eigenvalue weighted by Crippen LogP contribution is -2.32. The van der Waals surface area contributed by atoms with E-state index in [-0.39, 0.29) is 11.4 Å². The number of aryl methyl sites for hydroxylation is 2. The van der Waals surface area contributed by atoms with Crippen LogP contribution in [0.3, 0.4) is 0 Å². The number of benzene rings is 1. The number of hydrogen-bond donors (Lipinski definition) is 2. The number of nitro groups is 1. The van der Waals surface area contributed by atoms with E-state index in [9.17, 15) is 14.9 Å². The fraction of sp³-hybridized carbons (Fsp3) is 0.364. The van der Waals surface area contributed by atoms with Gasteiger partial charge in [-0.15, -0.1) is 0 Å². The van der Waals surface area contributed by atoms with Gasteiger partial charge >= 0.3 is 0 Å². The molecule has 1 amide bonds. The Morgan fingerprint density at radius 1 is 1.41 bits per heavy atom. The SMILES string of the molecule is Cc1cc(NC(=O)C(C)N)c([N+](=O)[O-])cc1C. The molecule has 1 aromatic carbocycles. The van der Waals surface area contributed by atoms with E-state index in [1.165, 1.54) is 13.0 Å². The summed E-state index contributed by atoms with van der Waals surface area (Å²) in [4.78, 5) is 21.8. The number of nitrogens with one attached hydrogen (secondary N) is 1. The fourth-order valence-corrected chi connectivity index (χ4v) is 1.30. The first-order valence-electron chi connectivity index (χ1n) is 5.15. The van der Waals surface area contributed by atoms with Gasteiger partial charge < -0.3 is 11.1 Å². The molecule has 0 saturated carbocycles. The summed E-state index contributed by atoms with van der Waals surface area (Å²) >= 11 is 0. The van der Waals surface area contributed by atoms with Gasteiger partial charge in [0.2, 0.25) is 5.91 Å². The molecule has 0 aliphatic carbocycles. The monoisotopic (exact) mass is 237 g/mol. The lowest BCUT2D eigenvalue weighted by molar-refractivity contribution is -0.384. The second-order valence-electron chi connectivity index (χ2n) is 3.99. The zero-order valence-electron chi connectivity index (χ0n) is 9.98. The van der Waals surface area contributed by atoms with Gasteiger partial charge in [0, 0.05) is 6.07 Å². The minimum absolute atomic E-state index is 0.123. The summed E-state index contributed by atoms with van der Waals surface area (Å²) in [6.45, 7) is 5.11. The summed E-state index contributed by atoms with van der Waals surface area (Å²) in [5.74, 6) is -0.448. The van der Waals surface area contributed by atoms with Gasteiger partial charge in [0.1, 0.15) is 5.69 Å². The molecule has 1 atom stereocenters. The number of amides is 1. The predicted molar refractivity (Wildman–Crippen MR) is 64.8 cm³/mol. The Kier molecular flexibility index (Phi) is 3.80. The highest BCUT2D eigenvalue weighted by Gasteiger charge is 2.18. The first-order valence-corrected chi connectivity index (χ1v) is 5.15. The van der Waals surface area contributed by atoms with Gasteiger partial charge in [-0.1, -0.05) is 0 Å². The van der Waals surface area contributed by atoms with E-state index < -0.39 is 16.9 Å². The van der Waals surface area contributed by atoms with Gasteiger partial charge in [-0.25, -0.2) is 0 Å². The van der Waals surface area contributed by atoms with Crippen LogP contribution in [0.5, 0.6) is 0 Å². The Morgan fingerprint density at radius 3 is 2.41 bits per heavy atom. The summed E-state index contributed by atoms with van der Waals surface area (Å²) in [6.07, 6.45) is 0. The Hall–Kier alpha value is -1.95. The van der Waals surface area contributed by atoms with Crippen LogP contribution in [0.15, 0.2) is 12.1 Å². The minimum Gasteiger partial charge on any atom is -0.320 e. The molecule has 0 fully saturated rings. The van der Waals surface area contributed by atoms with Crippen LogP contribution < -0.4 is 11.1 Å². The third-order valence-corrected chi connectivity index (χ3v) is 2.48. The van der Waals surface area contributed by atoms with Gasteiger partial charge in [0.25, 0.3) is 5.69 Å². The number of carbonyl (C=O) groups is 1. The number of nitrogens with two attached hydrogens (primary N) is 1. The average Bonchev–Trinajstić information content (AvgIpc) is 2.22. The smallest absolute Gasteiger partial charge is 0.293 e. The number of nitro benzene ring substituents is 1. The predicted octanol–water partition coefficient (Wildman–Crippen LogP) is 1.50. The maximum atomic E-state index is 11.4. The highest BCUT2D eigenvalue weighted by atomic mass is 16.6. The number of hydrogen-bond acceptors (Lipinski definition) is 4. The molecule has 1 unspecified atom stereocenters. The molecule has 1 rings (SSSR count). The van der Waals surface area contributed by atoms with Crippen molar-refractivity contribution in [2.75, 3.05) is 5.32 Å². The van der Waals surface area contributed by atoms with Crippen molar-refractivity contribution in [1.29, 1.82) is 0 Å². The van der Waals surface area contributed by atoms with Crippen molar-refractivity contribution in [3.63, 3.8) is 0 Å². The number of nitrogens with zero attached hydrogens (tertiary/aromatic N) is 1. The van der Waals surface area contributed by atoms with Crippen LogP contribution >= 0.6 is 0 Å². The normalized spacial score (nSPS) is 12.0. The summed E-state index contributed by atoms with van der Waals surface area (Å²) in [5, 5.41) is 13.3. The second-order valence-corrected chi connectivity index (χ2v) is 3.99. The summed E-state index contributed by atoms with van der Waals surface area (Å²) < 4.78 is 0. The van der Waals surface area contributed by atoms with E-state index in [1.54, 1.807) is 13.0 Å². The highest BCUT2D eigenvalue weighted by molar-refractivity contribution is 5.96. The summed E-state index contributed by atoms with van der Waals surface area (Å²) in [5.41, 5.74) is 7.13. The molecule has 0 saturated heterocycles.